The van der Waals surface area contributed by atoms with Crippen LogP contribution in [0.15, 0.2) is 40.9 Å². The van der Waals surface area contributed by atoms with E-state index in [1.807, 2.05) is 0 Å². The van der Waals surface area contributed by atoms with Crippen molar-refractivity contribution >= 4 is 34.6 Å². The molecule has 0 spiro atoms. The zero-order valence-corrected chi connectivity index (χ0v) is 23.7. The van der Waals surface area contributed by atoms with E-state index in [4.69, 9.17) is 4.52 Å². The lowest BCUT2D eigenvalue weighted by Gasteiger charge is -2.45. The van der Waals surface area contributed by atoms with Gasteiger partial charge in [-0.3, -0.25) is 29.4 Å². The molecular weight excluding hydrogens is 579 g/mol. The molecule has 10 nitrogen and oxygen atoms in total. The van der Waals surface area contributed by atoms with Crippen LogP contribution in [-0.2, 0) is 16.1 Å². The van der Waals surface area contributed by atoms with E-state index < -0.39 is 54.0 Å². The first-order valence-corrected chi connectivity index (χ1v) is 14.8. The van der Waals surface area contributed by atoms with Crippen LogP contribution in [0.1, 0.15) is 70.0 Å². The number of alkyl halides is 2. The number of imide groups is 1. The standard InChI is InChI=1S/C31H30F3N5O5/c32-19-4-5-20-23(14-19)44-36-27(20)17-8-11-37(12-9-17)24-10-13-38(16-31(24,33)34)29(42)21-3-1-2-18-15-39(30(43)26(18)21)22-6-7-25(40)35-28(22)41/h1-5,14,17,22,24H,6-13,15-16H2,(H,35,40,41). The molecule has 1 aromatic heterocycles. The molecule has 0 radical (unpaired) electrons. The Kier molecular flexibility index (Phi) is 6.95. The van der Waals surface area contributed by atoms with E-state index in [1.54, 1.807) is 23.1 Å². The third-order valence-electron chi connectivity index (χ3n) is 9.45. The van der Waals surface area contributed by atoms with Gasteiger partial charge in [0.05, 0.1) is 29.4 Å². The van der Waals surface area contributed by atoms with E-state index in [9.17, 15) is 23.6 Å². The summed E-state index contributed by atoms with van der Waals surface area (Å²) in [5.74, 6) is -5.73. The van der Waals surface area contributed by atoms with Gasteiger partial charge in [0, 0.05) is 36.9 Å². The van der Waals surface area contributed by atoms with Crippen LogP contribution >= 0.6 is 0 Å². The Morgan fingerprint density at radius 2 is 1.82 bits per heavy atom. The second kappa shape index (κ2) is 10.7. The molecule has 0 saturated carbocycles. The molecule has 44 heavy (non-hydrogen) atoms. The topological polar surface area (TPSA) is 116 Å². The van der Waals surface area contributed by atoms with Gasteiger partial charge in [0.1, 0.15) is 11.9 Å². The number of aromatic nitrogens is 1. The van der Waals surface area contributed by atoms with Gasteiger partial charge in [-0.15, -0.1) is 0 Å². The minimum atomic E-state index is -3.18. The Morgan fingerprint density at radius 1 is 1.02 bits per heavy atom. The van der Waals surface area contributed by atoms with Gasteiger partial charge in [-0.25, -0.2) is 13.2 Å². The molecule has 4 aliphatic heterocycles. The predicted molar refractivity (Wildman–Crippen MR) is 149 cm³/mol. The highest BCUT2D eigenvalue weighted by Crippen LogP contribution is 2.38. The molecule has 13 heteroatoms. The number of hydrogen-bond acceptors (Lipinski definition) is 7. The molecule has 1 N–H and O–H groups in total. The quantitative estimate of drug-likeness (QED) is 0.451. The monoisotopic (exact) mass is 609 g/mol. The summed E-state index contributed by atoms with van der Waals surface area (Å²) in [4.78, 5) is 55.3. The molecular formula is C31H30F3N5O5. The van der Waals surface area contributed by atoms with Gasteiger partial charge in [0.25, 0.3) is 17.7 Å². The number of halogens is 3. The highest BCUT2D eigenvalue weighted by molar-refractivity contribution is 6.11. The van der Waals surface area contributed by atoms with Crippen molar-refractivity contribution in [2.24, 2.45) is 0 Å². The van der Waals surface area contributed by atoms with Crippen LogP contribution < -0.4 is 5.32 Å². The van der Waals surface area contributed by atoms with Crippen LogP contribution in [-0.4, -0.2) is 87.7 Å². The van der Waals surface area contributed by atoms with Crippen LogP contribution in [0.2, 0.25) is 0 Å². The summed E-state index contributed by atoms with van der Waals surface area (Å²) in [5.41, 5.74) is 1.78. The Bertz CT molecular complexity index is 1680. The normalized spacial score (nSPS) is 24.6. The lowest BCUT2D eigenvalue weighted by Crippen LogP contribution is -2.60. The van der Waals surface area contributed by atoms with Crippen molar-refractivity contribution in [3.63, 3.8) is 0 Å². The average molecular weight is 610 g/mol. The predicted octanol–water partition coefficient (Wildman–Crippen LogP) is 3.46. The summed E-state index contributed by atoms with van der Waals surface area (Å²) in [6.07, 6.45) is 1.54. The van der Waals surface area contributed by atoms with Crippen LogP contribution in [0.4, 0.5) is 13.2 Å². The van der Waals surface area contributed by atoms with Gasteiger partial charge < -0.3 is 14.3 Å². The van der Waals surface area contributed by atoms with E-state index >= 15 is 8.78 Å². The fourth-order valence-corrected chi connectivity index (χ4v) is 7.22. The van der Waals surface area contributed by atoms with Crippen molar-refractivity contribution in [1.29, 1.82) is 0 Å². The van der Waals surface area contributed by atoms with E-state index in [0.29, 0.717) is 42.8 Å². The van der Waals surface area contributed by atoms with Crippen molar-refractivity contribution in [1.82, 2.24) is 25.2 Å². The molecule has 2 unspecified atom stereocenters. The van der Waals surface area contributed by atoms with Crippen molar-refractivity contribution in [2.75, 3.05) is 26.2 Å². The largest absolute Gasteiger partial charge is 0.356 e. The smallest absolute Gasteiger partial charge is 0.280 e. The van der Waals surface area contributed by atoms with E-state index in [1.165, 1.54) is 23.1 Å². The number of amides is 4. The van der Waals surface area contributed by atoms with Crippen LogP contribution in [0.3, 0.4) is 0 Å². The molecule has 4 amide bonds. The Labute approximate surface area is 250 Å². The third-order valence-corrected chi connectivity index (χ3v) is 9.45. The lowest BCUT2D eigenvalue weighted by atomic mass is 9.89. The van der Waals surface area contributed by atoms with Crippen molar-refractivity contribution < 1.29 is 36.9 Å². The molecule has 0 bridgehead atoms. The fourth-order valence-electron chi connectivity index (χ4n) is 7.22. The zero-order valence-electron chi connectivity index (χ0n) is 23.7. The van der Waals surface area contributed by atoms with Crippen LogP contribution in [0, 0.1) is 5.82 Å². The molecule has 0 aliphatic carbocycles. The van der Waals surface area contributed by atoms with E-state index in [-0.39, 0.29) is 49.4 Å². The van der Waals surface area contributed by atoms with Crippen molar-refractivity contribution in [3.8, 4) is 0 Å². The second-order valence-corrected chi connectivity index (χ2v) is 12.1. The van der Waals surface area contributed by atoms with E-state index in [2.05, 4.69) is 10.5 Å². The first-order chi connectivity index (χ1) is 21.1. The number of benzene rings is 2. The van der Waals surface area contributed by atoms with Gasteiger partial charge in [-0.1, -0.05) is 17.3 Å². The van der Waals surface area contributed by atoms with Gasteiger partial charge in [0.2, 0.25) is 11.8 Å². The Morgan fingerprint density at radius 3 is 2.57 bits per heavy atom. The number of carbonyl (C=O) groups excluding carboxylic acids is 4. The maximum atomic E-state index is 15.7. The zero-order chi connectivity index (χ0) is 30.7. The molecule has 3 fully saturated rings. The number of likely N-dealkylation sites (tertiary alicyclic amines) is 2. The highest BCUT2D eigenvalue weighted by atomic mass is 19.3. The number of fused-ring (bicyclic) bond motifs is 2. The van der Waals surface area contributed by atoms with E-state index in [0.717, 1.165) is 10.3 Å². The number of nitrogens with zero attached hydrogens (tertiary/aromatic N) is 4. The highest BCUT2D eigenvalue weighted by Gasteiger charge is 2.50. The molecule has 230 valence electrons. The fraction of sp³-hybridized carbons (Fsp3) is 0.452. The molecule has 3 aromatic rings. The Hall–Kier alpha value is -4.26. The Balaban J connectivity index is 1.02. The lowest BCUT2D eigenvalue weighted by molar-refractivity contribution is -0.136. The SMILES string of the molecule is O=C1CCC(N2Cc3cccc(C(=O)N4CCC(N5CCC(c6noc7cc(F)ccc67)CC5)C(F)(F)C4)c3C2=O)C(=O)N1. The summed E-state index contributed by atoms with van der Waals surface area (Å²) < 4.78 is 50.2. The maximum Gasteiger partial charge on any atom is 0.280 e. The van der Waals surface area contributed by atoms with Crippen LogP contribution in [0.25, 0.3) is 11.0 Å². The summed E-state index contributed by atoms with van der Waals surface area (Å²) in [7, 11) is 0. The van der Waals surface area contributed by atoms with Gasteiger partial charge in [-0.2, -0.15) is 0 Å². The molecule has 4 aliphatic rings. The summed E-state index contributed by atoms with van der Waals surface area (Å²) >= 11 is 0. The molecule has 2 aromatic carbocycles. The number of rotatable bonds is 4. The van der Waals surface area contributed by atoms with Crippen molar-refractivity contribution in [2.45, 2.75) is 62.6 Å². The second-order valence-electron chi connectivity index (χ2n) is 12.1. The first-order valence-electron chi connectivity index (χ1n) is 14.8. The molecule has 7 rings (SSSR count). The number of hydrogen-bond donors (Lipinski definition) is 1. The first kappa shape index (κ1) is 28.5. The number of piperidine rings is 3. The minimum absolute atomic E-state index is 0.00528. The maximum absolute atomic E-state index is 15.7. The average Bonchev–Trinajstić information content (AvgIpc) is 3.57. The summed E-state index contributed by atoms with van der Waals surface area (Å²) in [6, 6.07) is 7.13. The van der Waals surface area contributed by atoms with Gasteiger partial charge in [-0.05, 0) is 62.5 Å². The third kappa shape index (κ3) is 4.83. The molecule has 2 atom stereocenters. The van der Waals surface area contributed by atoms with Gasteiger partial charge in [0.15, 0.2) is 5.58 Å². The number of carbonyl (C=O) groups is 4. The summed E-state index contributed by atoms with van der Waals surface area (Å²) in [6.45, 7) is 0.269. The number of nitrogens with one attached hydrogen (secondary N) is 1. The molecule has 5 heterocycles. The minimum Gasteiger partial charge on any atom is -0.356 e. The summed E-state index contributed by atoms with van der Waals surface area (Å²) in [5, 5.41) is 7.12. The van der Waals surface area contributed by atoms with Crippen molar-refractivity contribution in [3.05, 3.63) is 64.6 Å². The van der Waals surface area contributed by atoms with Gasteiger partial charge >= 0.3 is 0 Å². The van der Waals surface area contributed by atoms with Crippen LogP contribution in [0.5, 0.6) is 0 Å². The molecule has 3 saturated heterocycles.